The van der Waals surface area contributed by atoms with Crippen molar-refractivity contribution in [1.82, 2.24) is 15.5 Å². The minimum absolute atomic E-state index is 0. The molecule has 1 amide bonds. The fourth-order valence-corrected chi connectivity index (χ4v) is 4.34. The van der Waals surface area contributed by atoms with Crippen molar-refractivity contribution in [2.24, 2.45) is 5.92 Å². The van der Waals surface area contributed by atoms with E-state index in [9.17, 15) is 4.79 Å². The average Bonchev–Trinajstić information content (AvgIpc) is 2.40. The second-order valence-electron chi connectivity index (χ2n) is 7.22. The van der Waals surface area contributed by atoms with E-state index in [-0.39, 0.29) is 24.4 Å². The lowest BCUT2D eigenvalue weighted by atomic mass is 9.82. The van der Waals surface area contributed by atoms with E-state index in [1.54, 1.807) is 0 Å². The van der Waals surface area contributed by atoms with Crippen LogP contribution in [0.4, 0.5) is 0 Å². The molecule has 0 radical (unpaired) electrons. The summed E-state index contributed by atoms with van der Waals surface area (Å²) in [7, 11) is 2.26. The maximum atomic E-state index is 12.4. The van der Waals surface area contributed by atoms with Gasteiger partial charge in [0.2, 0.25) is 5.91 Å². The number of halogens is 1. The highest BCUT2D eigenvalue weighted by Gasteiger charge is 2.37. The van der Waals surface area contributed by atoms with Gasteiger partial charge in [0.15, 0.2) is 0 Å². The largest absolute Gasteiger partial charge is 0.352 e. The molecule has 0 aromatic carbocycles. The Morgan fingerprint density at radius 2 is 1.81 bits per heavy atom. The lowest BCUT2D eigenvalue weighted by Crippen LogP contribution is -2.58. The number of fused-ring (bicyclic) bond motifs is 2. The maximum Gasteiger partial charge on any atom is 0.237 e. The van der Waals surface area contributed by atoms with Crippen molar-refractivity contribution in [2.75, 3.05) is 13.6 Å². The molecule has 4 nitrogen and oxygen atoms in total. The van der Waals surface area contributed by atoms with E-state index >= 15 is 0 Å². The Morgan fingerprint density at radius 3 is 2.43 bits per heavy atom. The van der Waals surface area contributed by atoms with E-state index in [0.29, 0.717) is 24.0 Å². The summed E-state index contributed by atoms with van der Waals surface area (Å²) in [6.07, 6.45) is 8.44. The van der Waals surface area contributed by atoms with Gasteiger partial charge < -0.3 is 15.5 Å². The van der Waals surface area contributed by atoms with Gasteiger partial charge in [-0.3, -0.25) is 4.79 Å². The molecule has 3 aliphatic rings. The van der Waals surface area contributed by atoms with E-state index in [0.717, 1.165) is 25.8 Å². The van der Waals surface area contributed by atoms with Gasteiger partial charge in [-0.25, -0.2) is 0 Å². The van der Waals surface area contributed by atoms with Crippen molar-refractivity contribution in [1.29, 1.82) is 0 Å². The average molecular weight is 316 g/mol. The summed E-state index contributed by atoms with van der Waals surface area (Å²) >= 11 is 0. The molecule has 0 aliphatic carbocycles. The fraction of sp³-hybridized carbons (Fsp3) is 0.938. The molecule has 3 heterocycles. The molecule has 5 heteroatoms. The smallest absolute Gasteiger partial charge is 0.237 e. The molecule has 0 aromatic rings. The van der Waals surface area contributed by atoms with Crippen LogP contribution in [0.25, 0.3) is 0 Å². The predicted molar refractivity (Wildman–Crippen MR) is 87.8 cm³/mol. The van der Waals surface area contributed by atoms with Crippen LogP contribution in [-0.2, 0) is 4.79 Å². The van der Waals surface area contributed by atoms with Crippen LogP contribution in [0.15, 0.2) is 0 Å². The van der Waals surface area contributed by atoms with Crippen LogP contribution < -0.4 is 10.6 Å². The molecule has 3 aliphatic heterocycles. The van der Waals surface area contributed by atoms with Gasteiger partial charge in [0, 0.05) is 18.1 Å². The first-order valence-corrected chi connectivity index (χ1v) is 8.39. The molecular formula is C16H30ClN3O. The van der Waals surface area contributed by atoms with Gasteiger partial charge in [-0.15, -0.1) is 12.4 Å². The van der Waals surface area contributed by atoms with Crippen LogP contribution in [0, 0.1) is 5.92 Å². The van der Waals surface area contributed by atoms with Crippen LogP contribution in [0.3, 0.4) is 0 Å². The Hall–Kier alpha value is -0.320. The van der Waals surface area contributed by atoms with E-state index in [1.165, 1.54) is 25.7 Å². The summed E-state index contributed by atoms with van der Waals surface area (Å²) < 4.78 is 0. The summed E-state index contributed by atoms with van der Waals surface area (Å²) in [6.45, 7) is 3.24. The molecule has 4 unspecified atom stereocenters. The zero-order chi connectivity index (χ0) is 14.1. The second kappa shape index (κ2) is 7.30. The summed E-state index contributed by atoms with van der Waals surface area (Å²) in [5.41, 5.74) is 0. The van der Waals surface area contributed by atoms with Gasteiger partial charge in [0.25, 0.3) is 0 Å². The van der Waals surface area contributed by atoms with Crippen LogP contribution in [0.5, 0.6) is 0 Å². The lowest BCUT2D eigenvalue weighted by Gasteiger charge is -2.47. The third kappa shape index (κ3) is 3.91. The first-order chi connectivity index (χ1) is 9.63. The van der Waals surface area contributed by atoms with Gasteiger partial charge in [0.1, 0.15) is 0 Å². The summed E-state index contributed by atoms with van der Waals surface area (Å²) in [5.74, 6) is 0.910. The highest BCUT2D eigenvalue weighted by molar-refractivity contribution is 5.85. The summed E-state index contributed by atoms with van der Waals surface area (Å²) in [4.78, 5) is 15.0. The van der Waals surface area contributed by atoms with Crippen molar-refractivity contribution in [3.63, 3.8) is 0 Å². The van der Waals surface area contributed by atoms with Gasteiger partial charge in [-0.1, -0.05) is 13.3 Å². The second-order valence-corrected chi connectivity index (χ2v) is 7.22. The van der Waals surface area contributed by atoms with Crippen molar-refractivity contribution < 1.29 is 4.79 Å². The maximum absolute atomic E-state index is 12.4. The van der Waals surface area contributed by atoms with Gasteiger partial charge in [-0.2, -0.15) is 0 Å². The van der Waals surface area contributed by atoms with Crippen LogP contribution in [0.2, 0.25) is 0 Å². The van der Waals surface area contributed by atoms with Crippen molar-refractivity contribution >= 4 is 18.3 Å². The number of nitrogens with one attached hydrogen (secondary N) is 2. The van der Waals surface area contributed by atoms with Gasteiger partial charge in [0.05, 0.1) is 6.04 Å². The monoisotopic (exact) mass is 315 g/mol. The quantitative estimate of drug-likeness (QED) is 0.818. The zero-order valence-electron chi connectivity index (χ0n) is 13.3. The standard InChI is InChI=1S/C16H29N3O.ClH/c1-11-6-7-17-15(8-11)16(20)18-12-9-13-4-3-5-14(10-12)19(13)2;/h11-15,17H,3-10H2,1-2H3,(H,18,20);1H. The van der Waals surface area contributed by atoms with E-state index in [2.05, 4.69) is 29.5 Å². The summed E-state index contributed by atoms with van der Waals surface area (Å²) in [5, 5.41) is 6.71. The number of hydrogen-bond donors (Lipinski definition) is 2. The van der Waals surface area contributed by atoms with E-state index < -0.39 is 0 Å². The number of rotatable bonds is 2. The molecule has 21 heavy (non-hydrogen) atoms. The Bertz CT molecular complexity index is 351. The van der Waals surface area contributed by atoms with Crippen LogP contribution >= 0.6 is 12.4 Å². The number of nitrogens with zero attached hydrogens (tertiary/aromatic N) is 1. The first kappa shape index (κ1) is 17.0. The molecule has 0 spiro atoms. The van der Waals surface area contributed by atoms with Crippen LogP contribution in [0.1, 0.15) is 51.9 Å². The summed E-state index contributed by atoms with van der Waals surface area (Å²) in [6, 6.07) is 1.81. The highest BCUT2D eigenvalue weighted by Crippen LogP contribution is 2.32. The van der Waals surface area contributed by atoms with E-state index in [1.807, 2.05) is 0 Å². The third-order valence-corrected chi connectivity index (χ3v) is 5.67. The molecule has 0 saturated carbocycles. The fourth-order valence-electron chi connectivity index (χ4n) is 4.34. The minimum Gasteiger partial charge on any atom is -0.352 e. The molecular weight excluding hydrogens is 286 g/mol. The number of carbonyl (C=O) groups is 1. The highest BCUT2D eigenvalue weighted by atomic mass is 35.5. The Kier molecular flexibility index (Phi) is 5.92. The van der Waals surface area contributed by atoms with Gasteiger partial charge >= 0.3 is 0 Å². The first-order valence-electron chi connectivity index (χ1n) is 8.39. The number of amides is 1. The molecule has 0 aromatic heterocycles. The number of carbonyl (C=O) groups excluding carboxylic acids is 1. The van der Waals surface area contributed by atoms with Crippen molar-refractivity contribution in [3.8, 4) is 0 Å². The zero-order valence-corrected chi connectivity index (χ0v) is 14.1. The molecule has 3 saturated heterocycles. The SMILES string of the molecule is CC1CCNC(C(=O)NC2CC3CCCC(C2)N3C)C1.Cl. The van der Waals surface area contributed by atoms with E-state index in [4.69, 9.17) is 0 Å². The van der Waals surface area contributed by atoms with Crippen molar-refractivity contribution in [2.45, 2.75) is 76.0 Å². The Balaban J connectivity index is 0.00000161. The molecule has 122 valence electrons. The Morgan fingerprint density at radius 1 is 1.14 bits per heavy atom. The van der Waals surface area contributed by atoms with Gasteiger partial charge in [-0.05, 0) is 58.0 Å². The lowest BCUT2D eigenvalue weighted by molar-refractivity contribution is -0.125. The van der Waals surface area contributed by atoms with Crippen LogP contribution in [-0.4, -0.2) is 48.6 Å². The third-order valence-electron chi connectivity index (χ3n) is 5.67. The van der Waals surface area contributed by atoms with Crippen molar-refractivity contribution in [3.05, 3.63) is 0 Å². The predicted octanol–water partition coefficient (Wildman–Crippen LogP) is 1.93. The molecule has 4 atom stereocenters. The molecule has 2 N–H and O–H groups in total. The molecule has 3 fully saturated rings. The number of hydrogen-bond acceptors (Lipinski definition) is 3. The Labute approximate surface area is 134 Å². The topological polar surface area (TPSA) is 44.4 Å². The minimum atomic E-state index is 0. The molecule has 2 bridgehead atoms. The normalized spacial score (nSPS) is 40.2. The number of piperidine rings is 3. The molecule has 3 rings (SSSR count).